The lowest BCUT2D eigenvalue weighted by atomic mass is 10.0. The molecule has 2 aromatic carbocycles. The maximum absolute atomic E-state index is 12.4. The molecule has 6 nitrogen and oxygen atoms in total. The molecule has 6 heteroatoms. The Hall–Kier alpha value is -2.86. The number of ether oxygens (including phenoxy) is 2. The van der Waals surface area contributed by atoms with Gasteiger partial charge in [0.25, 0.3) is 5.91 Å². The number of amides is 2. The second-order valence-corrected chi connectivity index (χ2v) is 7.06. The van der Waals surface area contributed by atoms with Crippen LogP contribution in [-0.2, 0) is 9.53 Å². The zero-order chi connectivity index (χ0) is 20.5. The van der Waals surface area contributed by atoms with Crippen LogP contribution in [0.2, 0.25) is 0 Å². The van der Waals surface area contributed by atoms with Crippen molar-refractivity contribution in [3.63, 3.8) is 0 Å². The van der Waals surface area contributed by atoms with Crippen LogP contribution in [0.3, 0.4) is 0 Å². The maximum Gasteiger partial charge on any atom is 0.255 e. The highest BCUT2D eigenvalue weighted by Gasteiger charge is 2.15. The van der Waals surface area contributed by atoms with E-state index in [4.69, 9.17) is 9.47 Å². The van der Waals surface area contributed by atoms with Gasteiger partial charge in [0.2, 0.25) is 5.91 Å². The van der Waals surface area contributed by atoms with Crippen molar-refractivity contribution in [3.05, 3.63) is 54.1 Å². The van der Waals surface area contributed by atoms with Crippen LogP contribution < -0.4 is 15.4 Å². The van der Waals surface area contributed by atoms with Gasteiger partial charge in [-0.05, 0) is 81.1 Å². The van der Waals surface area contributed by atoms with Crippen molar-refractivity contribution in [2.75, 3.05) is 23.8 Å². The highest BCUT2D eigenvalue weighted by atomic mass is 16.5. The third-order valence-corrected chi connectivity index (χ3v) is 4.82. The molecule has 0 saturated carbocycles. The first-order valence-corrected chi connectivity index (χ1v) is 10.2. The minimum atomic E-state index is -0.207. The van der Waals surface area contributed by atoms with Crippen LogP contribution in [0.25, 0.3) is 0 Å². The van der Waals surface area contributed by atoms with E-state index < -0.39 is 0 Å². The fraction of sp³-hybridized carbons (Fsp3) is 0.391. The molecule has 0 bridgehead atoms. The topological polar surface area (TPSA) is 76.7 Å². The zero-order valence-electron chi connectivity index (χ0n) is 16.8. The molecule has 0 aromatic heterocycles. The van der Waals surface area contributed by atoms with Crippen molar-refractivity contribution >= 4 is 23.2 Å². The SMILES string of the molecule is CCOc1ccc(NC(=O)c2ccc(NC(=O)CCC3CCCCO3)cc2)cc1. The number of benzene rings is 2. The Morgan fingerprint density at radius 2 is 1.69 bits per heavy atom. The number of hydrogen-bond acceptors (Lipinski definition) is 4. The maximum atomic E-state index is 12.4. The minimum absolute atomic E-state index is 0.0363. The molecule has 1 fully saturated rings. The van der Waals surface area contributed by atoms with Crippen LogP contribution in [0, 0.1) is 0 Å². The average Bonchev–Trinajstić information content (AvgIpc) is 2.75. The first-order valence-electron chi connectivity index (χ1n) is 10.2. The molecular weight excluding hydrogens is 368 g/mol. The first-order chi connectivity index (χ1) is 14.1. The van der Waals surface area contributed by atoms with Gasteiger partial charge in [-0.3, -0.25) is 9.59 Å². The lowest BCUT2D eigenvalue weighted by Crippen LogP contribution is -2.21. The number of rotatable bonds is 8. The number of nitrogens with one attached hydrogen (secondary N) is 2. The Labute approximate surface area is 171 Å². The molecule has 2 aromatic rings. The average molecular weight is 396 g/mol. The molecule has 0 spiro atoms. The second-order valence-electron chi connectivity index (χ2n) is 7.06. The summed E-state index contributed by atoms with van der Waals surface area (Å²) in [5, 5.41) is 5.72. The lowest BCUT2D eigenvalue weighted by Gasteiger charge is -2.22. The molecule has 29 heavy (non-hydrogen) atoms. The summed E-state index contributed by atoms with van der Waals surface area (Å²) in [5.74, 6) is 0.521. The van der Waals surface area contributed by atoms with Gasteiger partial charge in [-0.1, -0.05) is 0 Å². The van der Waals surface area contributed by atoms with Gasteiger partial charge in [-0.25, -0.2) is 0 Å². The predicted molar refractivity (Wildman–Crippen MR) is 113 cm³/mol. The molecular formula is C23H28N2O4. The van der Waals surface area contributed by atoms with E-state index in [0.29, 0.717) is 30.0 Å². The van der Waals surface area contributed by atoms with E-state index in [0.717, 1.165) is 31.6 Å². The Morgan fingerprint density at radius 1 is 1.00 bits per heavy atom. The van der Waals surface area contributed by atoms with Gasteiger partial charge < -0.3 is 20.1 Å². The molecule has 154 valence electrons. The van der Waals surface area contributed by atoms with Gasteiger partial charge in [0.15, 0.2) is 0 Å². The molecule has 1 unspecified atom stereocenters. The van der Waals surface area contributed by atoms with Gasteiger partial charge in [-0.15, -0.1) is 0 Å². The van der Waals surface area contributed by atoms with Gasteiger partial charge in [0.1, 0.15) is 5.75 Å². The van der Waals surface area contributed by atoms with Crippen molar-refractivity contribution in [2.45, 2.75) is 45.1 Å². The third-order valence-electron chi connectivity index (χ3n) is 4.82. The summed E-state index contributed by atoms with van der Waals surface area (Å²) in [6.45, 7) is 3.32. The Morgan fingerprint density at radius 3 is 2.34 bits per heavy atom. The number of carbonyl (C=O) groups is 2. The Balaban J connectivity index is 1.47. The Bertz CT molecular complexity index is 797. The molecule has 2 N–H and O–H groups in total. The smallest absolute Gasteiger partial charge is 0.255 e. The summed E-state index contributed by atoms with van der Waals surface area (Å²) >= 11 is 0. The first kappa shape index (κ1) is 20.9. The minimum Gasteiger partial charge on any atom is -0.494 e. The van der Waals surface area contributed by atoms with Gasteiger partial charge >= 0.3 is 0 Å². The largest absolute Gasteiger partial charge is 0.494 e. The molecule has 1 aliphatic rings. The second kappa shape index (κ2) is 10.6. The number of carbonyl (C=O) groups excluding carboxylic acids is 2. The van der Waals surface area contributed by atoms with Crippen molar-refractivity contribution in [1.82, 2.24) is 0 Å². The quantitative estimate of drug-likeness (QED) is 0.682. The number of hydrogen-bond donors (Lipinski definition) is 2. The van der Waals surface area contributed by atoms with E-state index in [1.54, 1.807) is 36.4 Å². The van der Waals surface area contributed by atoms with E-state index >= 15 is 0 Å². The van der Waals surface area contributed by atoms with Crippen molar-refractivity contribution in [2.24, 2.45) is 0 Å². The molecule has 3 rings (SSSR count). The summed E-state index contributed by atoms with van der Waals surface area (Å²) in [4.78, 5) is 24.5. The predicted octanol–water partition coefficient (Wildman–Crippen LogP) is 4.63. The molecule has 1 saturated heterocycles. The van der Waals surface area contributed by atoms with E-state index in [-0.39, 0.29) is 17.9 Å². The molecule has 0 radical (unpaired) electrons. The zero-order valence-corrected chi connectivity index (χ0v) is 16.8. The molecule has 2 amide bonds. The standard InChI is InChI=1S/C23H28N2O4/c1-2-28-21-12-10-19(11-13-21)25-23(27)17-6-8-18(9-7-17)24-22(26)15-14-20-5-3-4-16-29-20/h6-13,20H,2-5,14-16H2,1H3,(H,24,26)(H,25,27). The summed E-state index contributed by atoms with van der Waals surface area (Å²) < 4.78 is 11.0. The highest BCUT2D eigenvalue weighted by Crippen LogP contribution is 2.19. The van der Waals surface area contributed by atoms with Gasteiger partial charge in [-0.2, -0.15) is 0 Å². The summed E-state index contributed by atoms with van der Waals surface area (Å²) in [6.07, 6.45) is 4.70. The third kappa shape index (κ3) is 6.61. The number of anilines is 2. The van der Waals surface area contributed by atoms with Crippen LogP contribution in [0.1, 0.15) is 49.4 Å². The van der Waals surface area contributed by atoms with Crippen LogP contribution in [0.5, 0.6) is 5.75 Å². The highest BCUT2D eigenvalue weighted by molar-refractivity contribution is 6.04. The van der Waals surface area contributed by atoms with E-state index in [1.165, 1.54) is 6.42 Å². The van der Waals surface area contributed by atoms with Gasteiger partial charge in [0.05, 0.1) is 12.7 Å². The van der Waals surface area contributed by atoms with E-state index in [1.807, 2.05) is 19.1 Å². The van der Waals surface area contributed by atoms with Crippen LogP contribution in [-0.4, -0.2) is 31.1 Å². The lowest BCUT2D eigenvalue weighted by molar-refractivity contribution is -0.117. The monoisotopic (exact) mass is 396 g/mol. The van der Waals surface area contributed by atoms with E-state index in [9.17, 15) is 9.59 Å². The Kier molecular flexibility index (Phi) is 7.64. The van der Waals surface area contributed by atoms with Gasteiger partial charge in [0, 0.05) is 30.0 Å². The van der Waals surface area contributed by atoms with Crippen molar-refractivity contribution in [3.8, 4) is 5.75 Å². The summed E-state index contributed by atoms with van der Waals surface area (Å²) in [6, 6.07) is 14.1. The summed E-state index contributed by atoms with van der Waals surface area (Å²) in [5.41, 5.74) is 1.89. The molecule has 1 heterocycles. The van der Waals surface area contributed by atoms with Crippen molar-refractivity contribution in [1.29, 1.82) is 0 Å². The summed E-state index contributed by atoms with van der Waals surface area (Å²) in [7, 11) is 0. The molecule has 1 atom stereocenters. The van der Waals surface area contributed by atoms with Crippen molar-refractivity contribution < 1.29 is 19.1 Å². The fourth-order valence-electron chi connectivity index (χ4n) is 3.26. The molecule has 0 aliphatic carbocycles. The van der Waals surface area contributed by atoms with E-state index in [2.05, 4.69) is 10.6 Å². The van der Waals surface area contributed by atoms with Crippen LogP contribution in [0.4, 0.5) is 11.4 Å². The fourth-order valence-corrected chi connectivity index (χ4v) is 3.26. The van der Waals surface area contributed by atoms with Crippen LogP contribution in [0.15, 0.2) is 48.5 Å². The normalized spacial score (nSPS) is 16.1. The van der Waals surface area contributed by atoms with Crippen LogP contribution >= 0.6 is 0 Å². The molecule has 1 aliphatic heterocycles.